The summed E-state index contributed by atoms with van der Waals surface area (Å²) in [5, 5.41) is 10.4. The highest BCUT2D eigenvalue weighted by molar-refractivity contribution is 7.13. The molecule has 0 atom stereocenters. The maximum absolute atomic E-state index is 12.4. The summed E-state index contributed by atoms with van der Waals surface area (Å²) >= 11 is 1.38. The Labute approximate surface area is 141 Å². The summed E-state index contributed by atoms with van der Waals surface area (Å²) < 4.78 is 0. The number of likely N-dealkylation sites (N-methyl/N-ethyl adjacent to an activating group) is 1. The van der Waals surface area contributed by atoms with Crippen LogP contribution in [0.3, 0.4) is 0 Å². The van der Waals surface area contributed by atoms with Crippen LogP contribution < -0.4 is 0 Å². The van der Waals surface area contributed by atoms with E-state index < -0.39 is 0 Å². The number of aliphatic hydroxyl groups excluding tert-OH is 1. The average Bonchev–Trinajstić information content (AvgIpc) is 2.96. The molecule has 0 spiro atoms. The van der Waals surface area contributed by atoms with Gasteiger partial charge in [-0.2, -0.15) is 0 Å². The summed E-state index contributed by atoms with van der Waals surface area (Å²) in [5.74, 6) is -0.253. The Balaban J connectivity index is 1.94. The molecule has 128 valence electrons. The molecule has 1 fully saturated rings. The third-order valence-electron chi connectivity index (χ3n) is 3.89. The van der Waals surface area contributed by atoms with Gasteiger partial charge < -0.3 is 14.9 Å². The fourth-order valence-electron chi connectivity index (χ4n) is 2.40. The SMILES string of the molecule is CN(CC(=O)N1CCC(O)CC1)C(=O)c1cnc(C(C)(C)C)s1. The predicted octanol–water partition coefficient (Wildman–Crippen LogP) is 1.50. The normalized spacial score (nSPS) is 16.5. The molecule has 23 heavy (non-hydrogen) atoms. The molecule has 1 saturated heterocycles. The third kappa shape index (κ3) is 4.51. The second kappa shape index (κ2) is 6.97. The first-order valence-corrected chi connectivity index (χ1v) is 8.67. The number of hydrogen-bond donors (Lipinski definition) is 1. The van der Waals surface area contributed by atoms with Gasteiger partial charge in [0, 0.05) is 25.6 Å². The van der Waals surface area contributed by atoms with Crippen LogP contribution >= 0.6 is 11.3 Å². The predicted molar refractivity (Wildman–Crippen MR) is 89.6 cm³/mol. The second-order valence-electron chi connectivity index (χ2n) is 7.05. The minimum atomic E-state index is -0.313. The number of amides is 2. The first-order chi connectivity index (χ1) is 10.7. The molecule has 6 nitrogen and oxygen atoms in total. The van der Waals surface area contributed by atoms with Gasteiger partial charge in [0.2, 0.25) is 5.91 Å². The van der Waals surface area contributed by atoms with E-state index in [-0.39, 0.29) is 29.9 Å². The number of aromatic nitrogens is 1. The van der Waals surface area contributed by atoms with E-state index in [0.717, 1.165) is 5.01 Å². The van der Waals surface area contributed by atoms with Gasteiger partial charge in [0.15, 0.2) is 0 Å². The van der Waals surface area contributed by atoms with Crippen molar-refractivity contribution in [3.8, 4) is 0 Å². The molecule has 0 aromatic carbocycles. The van der Waals surface area contributed by atoms with Crippen LogP contribution in [-0.2, 0) is 10.2 Å². The lowest BCUT2D eigenvalue weighted by molar-refractivity contribution is -0.133. The molecule has 0 bridgehead atoms. The molecule has 7 heteroatoms. The van der Waals surface area contributed by atoms with Gasteiger partial charge in [-0.15, -0.1) is 11.3 Å². The van der Waals surface area contributed by atoms with Gasteiger partial charge in [0.25, 0.3) is 5.91 Å². The monoisotopic (exact) mass is 339 g/mol. The molecule has 1 aliphatic heterocycles. The third-order valence-corrected chi connectivity index (χ3v) is 5.31. The number of likely N-dealkylation sites (tertiary alicyclic amines) is 1. The van der Waals surface area contributed by atoms with E-state index >= 15 is 0 Å². The molecule has 1 N–H and O–H groups in total. The highest BCUT2D eigenvalue weighted by atomic mass is 32.1. The molecule has 1 aliphatic rings. The Hall–Kier alpha value is -1.47. The molecule has 1 aromatic rings. The first-order valence-electron chi connectivity index (χ1n) is 7.86. The first kappa shape index (κ1) is 17.9. The number of hydrogen-bond acceptors (Lipinski definition) is 5. The van der Waals surface area contributed by atoms with Crippen LogP contribution in [0, 0.1) is 0 Å². The van der Waals surface area contributed by atoms with Crippen molar-refractivity contribution in [1.82, 2.24) is 14.8 Å². The van der Waals surface area contributed by atoms with Gasteiger partial charge in [-0.05, 0) is 12.8 Å². The Bertz CT molecular complexity index is 571. The summed E-state index contributed by atoms with van der Waals surface area (Å²) in [5.41, 5.74) is -0.0910. The Morgan fingerprint density at radius 2 is 2.00 bits per heavy atom. The van der Waals surface area contributed by atoms with Crippen LogP contribution in [0.5, 0.6) is 0 Å². The summed E-state index contributed by atoms with van der Waals surface area (Å²) in [6, 6.07) is 0. The second-order valence-corrected chi connectivity index (χ2v) is 8.08. The summed E-state index contributed by atoms with van der Waals surface area (Å²) in [7, 11) is 1.63. The fourth-order valence-corrected chi connectivity index (χ4v) is 3.37. The maximum atomic E-state index is 12.4. The average molecular weight is 339 g/mol. The summed E-state index contributed by atoms with van der Waals surface area (Å²) in [4.78, 5) is 32.7. The molecule has 2 rings (SSSR count). The van der Waals surface area contributed by atoms with Crippen molar-refractivity contribution >= 4 is 23.2 Å². The number of carbonyl (C=O) groups is 2. The van der Waals surface area contributed by atoms with Crippen LogP contribution in [0.4, 0.5) is 0 Å². The fraction of sp³-hybridized carbons (Fsp3) is 0.688. The lowest BCUT2D eigenvalue weighted by atomic mass is 9.98. The van der Waals surface area contributed by atoms with E-state index in [2.05, 4.69) is 25.8 Å². The summed E-state index contributed by atoms with van der Waals surface area (Å²) in [6.07, 6.45) is 2.48. The number of thiazole rings is 1. The zero-order valence-corrected chi connectivity index (χ0v) is 15.0. The van der Waals surface area contributed by atoms with Gasteiger partial charge in [-0.1, -0.05) is 20.8 Å². The quantitative estimate of drug-likeness (QED) is 0.905. The van der Waals surface area contributed by atoms with Crippen LogP contribution in [0.15, 0.2) is 6.20 Å². The molecular weight excluding hydrogens is 314 g/mol. The number of nitrogens with zero attached hydrogens (tertiary/aromatic N) is 3. The van der Waals surface area contributed by atoms with Gasteiger partial charge >= 0.3 is 0 Å². The molecular formula is C16H25N3O3S. The van der Waals surface area contributed by atoms with Gasteiger partial charge in [-0.25, -0.2) is 4.98 Å². The standard InChI is InChI=1S/C16H25N3O3S/c1-16(2,3)15-17-9-12(23-15)14(22)18(4)10-13(21)19-7-5-11(20)6-8-19/h9,11,20H,5-8,10H2,1-4H3. The van der Waals surface area contributed by atoms with Crippen LogP contribution in [0.2, 0.25) is 0 Å². The topological polar surface area (TPSA) is 73.7 Å². The number of rotatable bonds is 3. The summed E-state index contributed by atoms with van der Waals surface area (Å²) in [6.45, 7) is 7.32. The molecule has 0 unspecified atom stereocenters. The molecule has 1 aromatic heterocycles. The Morgan fingerprint density at radius 1 is 1.39 bits per heavy atom. The van der Waals surface area contributed by atoms with Crippen molar-refractivity contribution in [3.05, 3.63) is 16.1 Å². The van der Waals surface area contributed by atoms with Crippen molar-refractivity contribution in [2.45, 2.75) is 45.1 Å². The lowest BCUT2D eigenvalue weighted by Gasteiger charge is -2.30. The smallest absolute Gasteiger partial charge is 0.265 e. The van der Waals surface area contributed by atoms with Gasteiger partial charge in [0.05, 0.1) is 23.9 Å². The van der Waals surface area contributed by atoms with Crippen molar-refractivity contribution in [2.75, 3.05) is 26.7 Å². The van der Waals surface area contributed by atoms with E-state index in [0.29, 0.717) is 30.8 Å². The zero-order chi connectivity index (χ0) is 17.2. The number of carbonyl (C=O) groups excluding carboxylic acids is 2. The molecule has 2 heterocycles. The van der Waals surface area contributed by atoms with Crippen molar-refractivity contribution in [2.24, 2.45) is 0 Å². The highest BCUT2D eigenvalue weighted by Gasteiger charge is 2.25. The van der Waals surface area contributed by atoms with Crippen molar-refractivity contribution < 1.29 is 14.7 Å². The van der Waals surface area contributed by atoms with E-state index in [9.17, 15) is 14.7 Å². The van der Waals surface area contributed by atoms with E-state index in [1.54, 1.807) is 18.1 Å². The molecule has 0 saturated carbocycles. The minimum Gasteiger partial charge on any atom is -0.393 e. The van der Waals surface area contributed by atoms with Crippen LogP contribution in [-0.4, -0.2) is 64.5 Å². The number of aliphatic hydroxyl groups is 1. The largest absolute Gasteiger partial charge is 0.393 e. The van der Waals surface area contributed by atoms with Gasteiger partial charge in [-0.3, -0.25) is 9.59 Å². The maximum Gasteiger partial charge on any atom is 0.265 e. The zero-order valence-electron chi connectivity index (χ0n) is 14.2. The van der Waals surface area contributed by atoms with E-state index in [1.807, 2.05) is 0 Å². The van der Waals surface area contributed by atoms with E-state index in [1.165, 1.54) is 16.2 Å². The Morgan fingerprint density at radius 3 is 2.52 bits per heavy atom. The van der Waals surface area contributed by atoms with Crippen molar-refractivity contribution in [1.29, 1.82) is 0 Å². The van der Waals surface area contributed by atoms with Crippen molar-refractivity contribution in [3.63, 3.8) is 0 Å². The van der Waals surface area contributed by atoms with Gasteiger partial charge in [0.1, 0.15) is 4.88 Å². The minimum absolute atomic E-state index is 0.0533. The lowest BCUT2D eigenvalue weighted by Crippen LogP contribution is -2.45. The van der Waals surface area contributed by atoms with E-state index in [4.69, 9.17) is 0 Å². The van der Waals surface area contributed by atoms with Crippen LogP contribution in [0.1, 0.15) is 48.3 Å². The molecule has 2 amide bonds. The highest BCUT2D eigenvalue weighted by Crippen LogP contribution is 2.27. The Kier molecular flexibility index (Phi) is 5.41. The molecule has 0 radical (unpaired) electrons. The van der Waals surface area contributed by atoms with Crippen LogP contribution in [0.25, 0.3) is 0 Å². The molecule has 0 aliphatic carbocycles. The number of piperidine rings is 1.